The van der Waals surface area contributed by atoms with Crippen LogP contribution in [-0.2, 0) is 5.75 Å². The number of Topliss-reactive ketones (excluding diaryl/α,β-unsaturated/α-hetero) is 1. The molecule has 3 rings (SSSR count). The van der Waals surface area contributed by atoms with Crippen LogP contribution in [0, 0.1) is 21.7 Å². The highest BCUT2D eigenvalue weighted by atomic mass is 32.2. The fourth-order valence-electron chi connectivity index (χ4n) is 2.50. The average molecular weight is 411 g/mol. The molecule has 0 aromatic heterocycles. The van der Waals surface area contributed by atoms with E-state index in [9.17, 15) is 23.7 Å². The summed E-state index contributed by atoms with van der Waals surface area (Å²) in [5.74, 6) is -0.661. The number of hydrogen-bond acceptors (Lipinski definition) is 4. The smallest absolute Gasteiger partial charge is 0.269 e. The van der Waals surface area contributed by atoms with E-state index in [4.69, 9.17) is 0 Å². The van der Waals surface area contributed by atoms with Crippen molar-refractivity contribution in [3.8, 4) is 0 Å². The van der Waals surface area contributed by atoms with Crippen molar-refractivity contribution >= 4 is 29.3 Å². The van der Waals surface area contributed by atoms with Gasteiger partial charge >= 0.3 is 0 Å². The van der Waals surface area contributed by atoms with Crippen molar-refractivity contribution in [3.63, 3.8) is 0 Å². The summed E-state index contributed by atoms with van der Waals surface area (Å²) in [5, 5.41) is 10.8. The van der Waals surface area contributed by atoms with Crippen molar-refractivity contribution < 1.29 is 18.5 Å². The van der Waals surface area contributed by atoms with E-state index in [1.54, 1.807) is 30.3 Å². The number of nitro benzene ring substituents is 1. The lowest BCUT2D eigenvalue weighted by Crippen LogP contribution is -2.01. The first-order valence-electron chi connectivity index (χ1n) is 8.56. The molecule has 0 atom stereocenters. The first-order valence-corrected chi connectivity index (χ1v) is 9.54. The molecule has 0 saturated carbocycles. The van der Waals surface area contributed by atoms with E-state index < -0.39 is 10.7 Å². The van der Waals surface area contributed by atoms with Gasteiger partial charge in [0.25, 0.3) is 5.69 Å². The predicted octanol–water partition coefficient (Wildman–Crippen LogP) is 6.03. The minimum Gasteiger partial charge on any atom is -0.288 e. The van der Waals surface area contributed by atoms with E-state index in [0.29, 0.717) is 21.8 Å². The van der Waals surface area contributed by atoms with E-state index in [-0.39, 0.29) is 17.3 Å². The summed E-state index contributed by atoms with van der Waals surface area (Å²) in [5.41, 5.74) is 1.73. The molecule has 0 bridgehead atoms. The van der Waals surface area contributed by atoms with Gasteiger partial charge in [0.15, 0.2) is 5.78 Å². The van der Waals surface area contributed by atoms with Crippen molar-refractivity contribution in [2.24, 2.45) is 0 Å². The number of carbonyl (C=O) groups is 1. The maximum Gasteiger partial charge on any atom is 0.269 e. The molecule has 0 amide bonds. The van der Waals surface area contributed by atoms with Crippen LogP contribution in [0.3, 0.4) is 0 Å². The van der Waals surface area contributed by atoms with Gasteiger partial charge in [0.2, 0.25) is 0 Å². The summed E-state index contributed by atoms with van der Waals surface area (Å²) >= 11 is 1.25. The summed E-state index contributed by atoms with van der Waals surface area (Å²) in [6.07, 6.45) is 1.63. The molecule has 0 aliphatic carbocycles. The van der Waals surface area contributed by atoms with E-state index in [0.717, 1.165) is 5.56 Å². The van der Waals surface area contributed by atoms with Crippen LogP contribution >= 0.6 is 11.8 Å². The molecule has 7 heteroatoms. The SMILES string of the molecule is O=C(/C(=C/c1ccc([N+](=O)[O-])cc1)SCc1ccc(F)cc1)c1ccc(F)cc1. The number of carbonyl (C=O) groups excluding carboxylic acids is 1. The molecule has 0 heterocycles. The van der Waals surface area contributed by atoms with Crippen LogP contribution in [0.1, 0.15) is 21.5 Å². The molecular formula is C22H15F2NO3S. The van der Waals surface area contributed by atoms with Gasteiger partial charge in [-0.25, -0.2) is 8.78 Å². The number of nitrogens with zero attached hydrogens (tertiary/aromatic N) is 1. The van der Waals surface area contributed by atoms with Gasteiger partial charge in [0.1, 0.15) is 11.6 Å². The number of hydrogen-bond donors (Lipinski definition) is 0. The van der Waals surface area contributed by atoms with Crippen molar-refractivity contribution in [1.29, 1.82) is 0 Å². The quantitative estimate of drug-likeness (QED) is 0.206. The maximum atomic E-state index is 13.2. The van der Waals surface area contributed by atoms with Crippen LogP contribution < -0.4 is 0 Å². The van der Waals surface area contributed by atoms with Crippen LogP contribution in [0.15, 0.2) is 77.7 Å². The maximum absolute atomic E-state index is 13.2. The highest BCUT2D eigenvalue weighted by molar-refractivity contribution is 8.03. The largest absolute Gasteiger partial charge is 0.288 e. The van der Waals surface area contributed by atoms with Crippen molar-refractivity contribution in [2.75, 3.05) is 0 Å². The van der Waals surface area contributed by atoms with Gasteiger partial charge in [0, 0.05) is 23.4 Å². The Kier molecular flexibility index (Phi) is 6.51. The minimum atomic E-state index is -0.499. The Balaban J connectivity index is 1.88. The summed E-state index contributed by atoms with van der Waals surface area (Å²) in [6.45, 7) is 0. The number of ketones is 1. The standard InChI is InChI=1S/C22H15F2NO3S/c23-18-7-1-16(2-8-18)14-29-21(22(26)17-5-9-19(24)10-6-17)13-15-3-11-20(12-4-15)25(27)28/h1-13H,14H2/b21-13-. The van der Waals surface area contributed by atoms with Crippen LogP contribution in [0.5, 0.6) is 0 Å². The normalized spacial score (nSPS) is 11.3. The van der Waals surface area contributed by atoms with Crippen LogP contribution in [0.2, 0.25) is 0 Å². The number of rotatable bonds is 7. The van der Waals surface area contributed by atoms with Gasteiger partial charge in [0.05, 0.1) is 9.83 Å². The van der Waals surface area contributed by atoms with E-state index in [2.05, 4.69) is 0 Å². The molecule has 0 saturated heterocycles. The highest BCUT2D eigenvalue weighted by Crippen LogP contribution is 2.28. The van der Waals surface area contributed by atoms with Gasteiger partial charge in [-0.2, -0.15) is 0 Å². The fourth-order valence-corrected chi connectivity index (χ4v) is 3.48. The van der Waals surface area contributed by atoms with E-state index >= 15 is 0 Å². The van der Waals surface area contributed by atoms with Crippen molar-refractivity contribution in [3.05, 3.63) is 116 Å². The Labute approximate surface area is 170 Å². The second kappa shape index (κ2) is 9.25. The van der Waals surface area contributed by atoms with Gasteiger partial charge in [-0.15, -0.1) is 11.8 Å². The van der Waals surface area contributed by atoms with Crippen LogP contribution in [0.25, 0.3) is 6.08 Å². The van der Waals surface area contributed by atoms with Crippen LogP contribution in [0.4, 0.5) is 14.5 Å². The molecule has 29 heavy (non-hydrogen) atoms. The van der Waals surface area contributed by atoms with Crippen molar-refractivity contribution in [1.82, 2.24) is 0 Å². The molecule has 146 valence electrons. The number of allylic oxidation sites excluding steroid dienone is 1. The monoisotopic (exact) mass is 411 g/mol. The molecule has 0 fully saturated rings. The molecule has 3 aromatic rings. The van der Waals surface area contributed by atoms with Crippen molar-refractivity contribution in [2.45, 2.75) is 5.75 Å². The number of non-ortho nitro benzene ring substituents is 1. The number of nitro groups is 1. The first-order chi connectivity index (χ1) is 13.9. The average Bonchev–Trinajstić information content (AvgIpc) is 2.72. The minimum absolute atomic E-state index is 0.0486. The molecular weight excluding hydrogens is 396 g/mol. The lowest BCUT2D eigenvalue weighted by molar-refractivity contribution is -0.384. The third-order valence-corrected chi connectivity index (χ3v) is 5.13. The molecule has 0 aliphatic heterocycles. The lowest BCUT2D eigenvalue weighted by atomic mass is 10.1. The third kappa shape index (κ3) is 5.58. The second-order valence-corrected chi connectivity index (χ2v) is 7.13. The Morgan fingerprint density at radius 3 is 2.00 bits per heavy atom. The Morgan fingerprint density at radius 1 is 0.897 bits per heavy atom. The summed E-state index contributed by atoms with van der Waals surface area (Å²) < 4.78 is 26.3. The zero-order valence-electron chi connectivity index (χ0n) is 15.0. The molecule has 0 radical (unpaired) electrons. The van der Waals surface area contributed by atoms with Gasteiger partial charge in [-0.3, -0.25) is 14.9 Å². The number of benzene rings is 3. The highest BCUT2D eigenvalue weighted by Gasteiger charge is 2.14. The fraction of sp³-hybridized carbons (Fsp3) is 0.0455. The Bertz CT molecular complexity index is 1050. The molecule has 4 nitrogen and oxygen atoms in total. The van der Waals surface area contributed by atoms with Gasteiger partial charge in [-0.1, -0.05) is 12.1 Å². The second-order valence-electron chi connectivity index (χ2n) is 6.11. The molecule has 0 aliphatic rings. The summed E-state index contributed by atoms with van der Waals surface area (Å²) in [4.78, 5) is 23.6. The van der Waals surface area contributed by atoms with E-state index in [1.165, 1.54) is 60.3 Å². The Hall–Kier alpha value is -3.32. The summed E-state index contributed by atoms with van der Waals surface area (Å²) in [6, 6.07) is 17.0. The third-order valence-electron chi connectivity index (χ3n) is 4.04. The number of thioether (sulfide) groups is 1. The first kappa shape index (κ1) is 20.4. The molecule has 3 aromatic carbocycles. The van der Waals surface area contributed by atoms with Crippen LogP contribution in [-0.4, -0.2) is 10.7 Å². The van der Waals surface area contributed by atoms with Gasteiger partial charge < -0.3 is 0 Å². The zero-order valence-corrected chi connectivity index (χ0v) is 15.9. The van der Waals surface area contributed by atoms with E-state index in [1.807, 2.05) is 0 Å². The number of halogens is 2. The Morgan fingerprint density at radius 2 is 1.45 bits per heavy atom. The lowest BCUT2D eigenvalue weighted by Gasteiger charge is -2.08. The molecule has 0 spiro atoms. The summed E-state index contributed by atoms with van der Waals surface area (Å²) in [7, 11) is 0. The molecule has 0 unspecified atom stereocenters. The van der Waals surface area contributed by atoms with Gasteiger partial charge in [-0.05, 0) is 65.7 Å². The zero-order chi connectivity index (χ0) is 20.8. The molecule has 0 N–H and O–H groups in total. The topological polar surface area (TPSA) is 60.2 Å². The predicted molar refractivity (Wildman–Crippen MR) is 109 cm³/mol.